The van der Waals surface area contributed by atoms with Crippen molar-refractivity contribution in [2.75, 3.05) is 7.11 Å². The average Bonchev–Trinajstić information content (AvgIpc) is 2.80. The minimum atomic E-state index is -2.84. The van der Waals surface area contributed by atoms with Crippen LogP contribution in [0.15, 0.2) is 24.3 Å². The van der Waals surface area contributed by atoms with Gasteiger partial charge in [-0.2, -0.15) is 0 Å². The molecule has 3 nitrogen and oxygen atoms in total. The Morgan fingerprint density at radius 1 is 1.47 bits per heavy atom. The predicted octanol–water partition coefficient (Wildman–Crippen LogP) is 3.97. The van der Waals surface area contributed by atoms with Crippen LogP contribution in [0.4, 0.5) is 8.78 Å². The van der Waals surface area contributed by atoms with Crippen molar-refractivity contribution in [1.82, 2.24) is 4.98 Å². The first-order valence-corrected chi connectivity index (χ1v) is 6.35. The van der Waals surface area contributed by atoms with E-state index in [0.717, 1.165) is 11.3 Å². The van der Waals surface area contributed by atoms with Crippen LogP contribution in [0.1, 0.15) is 27.4 Å². The molecule has 1 heterocycles. The molecule has 0 amide bonds. The van der Waals surface area contributed by atoms with Gasteiger partial charge in [0.1, 0.15) is 16.3 Å². The summed E-state index contributed by atoms with van der Waals surface area (Å²) < 4.78 is 30.4. The Labute approximate surface area is 116 Å². The molecule has 1 aromatic carbocycles. The van der Waals surface area contributed by atoms with Crippen LogP contribution in [-0.2, 0) is 0 Å². The molecular formula is C12H8ClF2NO2S. The summed E-state index contributed by atoms with van der Waals surface area (Å²) in [4.78, 5) is 15.5. The molecule has 0 aliphatic rings. The molecule has 0 bridgehead atoms. The molecule has 19 heavy (non-hydrogen) atoms. The van der Waals surface area contributed by atoms with E-state index in [1.807, 2.05) is 0 Å². The van der Waals surface area contributed by atoms with E-state index in [1.165, 1.54) is 19.2 Å². The fourth-order valence-electron chi connectivity index (χ4n) is 1.51. The first kappa shape index (κ1) is 13.9. The molecule has 0 N–H and O–H groups in total. The lowest BCUT2D eigenvalue weighted by molar-refractivity contribution is 0.102. The first-order chi connectivity index (χ1) is 9.02. The molecule has 0 spiro atoms. The molecule has 0 unspecified atom stereocenters. The molecule has 0 saturated carbocycles. The molecule has 100 valence electrons. The molecule has 0 atom stereocenters. The molecule has 1 aromatic heterocycles. The highest BCUT2D eigenvalue weighted by atomic mass is 35.5. The third-order valence-electron chi connectivity index (χ3n) is 2.37. The Bertz CT molecular complexity index is 616. The van der Waals surface area contributed by atoms with Gasteiger partial charge in [-0.15, -0.1) is 0 Å². The van der Waals surface area contributed by atoms with E-state index in [9.17, 15) is 13.6 Å². The van der Waals surface area contributed by atoms with Gasteiger partial charge in [0.2, 0.25) is 5.78 Å². The number of halogens is 3. The number of hydrogen-bond acceptors (Lipinski definition) is 4. The summed E-state index contributed by atoms with van der Waals surface area (Å²) in [5.41, 5.74) is -0.329. The monoisotopic (exact) mass is 303 g/mol. The Morgan fingerprint density at radius 2 is 2.21 bits per heavy atom. The van der Waals surface area contributed by atoms with Crippen molar-refractivity contribution in [3.05, 3.63) is 44.9 Å². The number of carbonyl (C=O) groups excluding carboxylic acids is 1. The van der Waals surface area contributed by atoms with Crippen LogP contribution in [0.3, 0.4) is 0 Å². The Hall–Kier alpha value is -1.53. The maximum Gasteiger partial charge on any atom is 0.282 e. The SMILES string of the molecule is COc1cccc(C(=O)c2sc(Cl)nc2C(F)F)c1. The molecule has 0 saturated heterocycles. The smallest absolute Gasteiger partial charge is 0.282 e. The van der Waals surface area contributed by atoms with Gasteiger partial charge >= 0.3 is 0 Å². The number of rotatable bonds is 4. The summed E-state index contributed by atoms with van der Waals surface area (Å²) in [7, 11) is 1.46. The van der Waals surface area contributed by atoms with Crippen molar-refractivity contribution < 1.29 is 18.3 Å². The van der Waals surface area contributed by atoms with E-state index in [4.69, 9.17) is 16.3 Å². The van der Waals surface area contributed by atoms with E-state index in [0.29, 0.717) is 5.75 Å². The molecule has 0 aliphatic carbocycles. The predicted molar refractivity (Wildman–Crippen MR) is 68.5 cm³/mol. The summed E-state index contributed by atoms with van der Waals surface area (Å²) in [6.07, 6.45) is -2.84. The topological polar surface area (TPSA) is 39.2 Å². The van der Waals surface area contributed by atoms with Crippen molar-refractivity contribution in [3.8, 4) is 5.75 Å². The average molecular weight is 304 g/mol. The van der Waals surface area contributed by atoms with E-state index >= 15 is 0 Å². The minimum absolute atomic E-state index is 0.0819. The van der Waals surface area contributed by atoms with Gasteiger partial charge < -0.3 is 4.74 Å². The number of aromatic nitrogens is 1. The number of hydrogen-bond donors (Lipinski definition) is 0. The number of carbonyl (C=O) groups is 1. The van der Waals surface area contributed by atoms with Crippen LogP contribution < -0.4 is 4.74 Å². The molecule has 0 fully saturated rings. The fraction of sp³-hybridized carbons (Fsp3) is 0.167. The largest absolute Gasteiger partial charge is 0.497 e. The highest BCUT2D eigenvalue weighted by Gasteiger charge is 2.25. The van der Waals surface area contributed by atoms with Gasteiger partial charge in [-0.3, -0.25) is 4.79 Å². The summed E-state index contributed by atoms with van der Waals surface area (Å²) in [6, 6.07) is 6.26. The first-order valence-electron chi connectivity index (χ1n) is 5.16. The molecule has 0 aliphatic heterocycles. The Morgan fingerprint density at radius 3 is 2.84 bits per heavy atom. The number of methoxy groups -OCH3 is 1. The Balaban J connectivity index is 2.43. The molecule has 0 radical (unpaired) electrons. The maximum absolute atomic E-state index is 12.8. The zero-order valence-electron chi connectivity index (χ0n) is 9.69. The van der Waals surface area contributed by atoms with Crippen molar-refractivity contribution in [2.24, 2.45) is 0 Å². The lowest BCUT2D eigenvalue weighted by Gasteiger charge is -2.03. The number of ketones is 1. The van der Waals surface area contributed by atoms with Crippen molar-refractivity contribution in [2.45, 2.75) is 6.43 Å². The van der Waals surface area contributed by atoms with Crippen molar-refractivity contribution >= 4 is 28.7 Å². The van der Waals surface area contributed by atoms with Crippen LogP contribution in [-0.4, -0.2) is 17.9 Å². The second kappa shape index (κ2) is 5.63. The molecule has 7 heteroatoms. The quantitative estimate of drug-likeness (QED) is 0.802. The van der Waals surface area contributed by atoms with Crippen LogP contribution in [0.25, 0.3) is 0 Å². The van der Waals surface area contributed by atoms with E-state index in [1.54, 1.807) is 12.1 Å². The number of nitrogens with zero attached hydrogens (tertiary/aromatic N) is 1. The van der Waals surface area contributed by atoms with Gasteiger partial charge in [0.05, 0.1) is 7.11 Å². The lowest BCUT2D eigenvalue weighted by Crippen LogP contribution is -2.03. The van der Waals surface area contributed by atoms with Gasteiger partial charge in [-0.1, -0.05) is 35.1 Å². The summed E-state index contributed by atoms with van der Waals surface area (Å²) in [6.45, 7) is 0. The standard InChI is InChI=1S/C12H8ClF2NO2S/c1-18-7-4-2-3-6(5-7)9(17)10-8(11(14)15)16-12(13)19-10/h2-5,11H,1H3. The third-order valence-corrected chi connectivity index (χ3v) is 3.55. The summed E-state index contributed by atoms with van der Waals surface area (Å²) >= 11 is 6.34. The van der Waals surface area contributed by atoms with E-state index in [2.05, 4.69) is 4.98 Å². The zero-order chi connectivity index (χ0) is 14.0. The Kier molecular flexibility index (Phi) is 4.11. The van der Waals surface area contributed by atoms with Crippen LogP contribution in [0.5, 0.6) is 5.75 Å². The van der Waals surface area contributed by atoms with Gasteiger partial charge in [-0.25, -0.2) is 13.8 Å². The highest BCUT2D eigenvalue weighted by Crippen LogP contribution is 2.32. The van der Waals surface area contributed by atoms with Crippen LogP contribution in [0.2, 0.25) is 4.47 Å². The second-order valence-corrected chi connectivity index (χ2v) is 5.12. The van der Waals surface area contributed by atoms with E-state index in [-0.39, 0.29) is 14.9 Å². The maximum atomic E-state index is 12.8. The van der Waals surface area contributed by atoms with Gasteiger partial charge in [-0.05, 0) is 12.1 Å². The minimum Gasteiger partial charge on any atom is -0.497 e. The van der Waals surface area contributed by atoms with Gasteiger partial charge in [0, 0.05) is 5.56 Å². The van der Waals surface area contributed by atoms with Crippen molar-refractivity contribution in [3.63, 3.8) is 0 Å². The second-order valence-electron chi connectivity index (χ2n) is 3.54. The number of benzene rings is 1. The zero-order valence-corrected chi connectivity index (χ0v) is 11.3. The molecule has 2 rings (SSSR count). The van der Waals surface area contributed by atoms with Crippen LogP contribution >= 0.6 is 22.9 Å². The van der Waals surface area contributed by atoms with Gasteiger partial charge in [0.15, 0.2) is 4.47 Å². The van der Waals surface area contributed by atoms with E-state index < -0.39 is 17.9 Å². The number of ether oxygens (including phenoxy) is 1. The number of alkyl halides is 2. The molecule has 2 aromatic rings. The van der Waals surface area contributed by atoms with Gasteiger partial charge in [0.25, 0.3) is 6.43 Å². The van der Waals surface area contributed by atoms with Crippen molar-refractivity contribution in [1.29, 1.82) is 0 Å². The lowest BCUT2D eigenvalue weighted by atomic mass is 10.1. The summed E-state index contributed by atoms with van der Waals surface area (Å²) in [5.74, 6) is -0.0707. The third kappa shape index (κ3) is 2.90. The fourth-order valence-corrected chi connectivity index (χ4v) is 2.60. The summed E-state index contributed by atoms with van der Waals surface area (Å²) in [5, 5.41) is 0. The van der Waals surface area contributed by atoms with Crippen LogP contribution in [0, 0.1) is 0 Å². The normalized spacial score (nSPS) is 10.8. The molecular weight excluding hydrogens is 296 g/mol. The highest BCUT2D eigenvalue weighted by molar-refractivity contribution is 7.17. The number of thiazole rings is 1.